The lowest BCUT2D eigenvalue weighted by Gasteiger charge is -2.19. The third kappa shape index (κ3) is 3.13. The summed E-state index contributed by atoms with van der Waals surface area (Å²) < 4.78 is 3.33. The molecule has 5 heteroatoms. The van der Waals surface area contributed by atoms with Gasteiger partial charge in [-0.3, -0.25) is 0 Å². The SMILES string of the molecule is Cc1ccc(NC(c2cccs2)c2nccn2C)cc1I. The highest BCUT2D eigenvalue weighted by Gasteiger charge is 2.19. The van der Waals surface area contributed by atoms with Gasteiger partial charge in [0.2, 0.25) is 0 Å². The standard InChI is InChI=1S/C16H16IN3S/c1-11-5-6-12(10-13(11)17)19-15(14-4-3-9-21-14)16-18-7-8-20(16)2/h3-10,15,19H,1-2H3. The van der Waals surface area contributed by atoms with Crippen molar-refractivity contribution in [3.8, 4) is 0 Å². The highest BCUT2D eigenvalue weighted by molar-refractivity contribution is 14.1. The number of aromatic nitrogens is 2. The van der Waals surface area contributed by atoms with Gasteiger partial charge in [0.1, 0.15) is 11.9 Å². The lowest BCUT2D eigenvalue weighted by molar-refractivity contribution is 0.756. The minimum absolute atomic E-state index is 0.0727. The molecular formula is C16H16IN3S. The van der Waals surface area contributed by atoms with E-state index in [0.29, 0.717) is 0 Å². The fourth-order valence-corrected chi connectivity index (χ4v) is 3.51. The van der Waals surface area contributed by atoms with E-state index >= 15 is 0 Å². The maximum absolute atomic E-state index is 4.51. The summed E-state index contributed by atoms with van der Waals surface area (Å²) >= 11 is 4.12. The number of benzene rings is 1. The molecule has 2 aromatic heterocycles. The van der Waals surface area contributed by atoms with Crippen LogP contribution in [0.4, 0.5) is 5.69 Å². The van der Waals surface area contributed by atoms with E-state index in [-0.39, 0.29) is 6.04 Å². The first-order valence-electron chi connectivity index (χ1n) is 6.68. The smallest absolute Gasteiger partial charge is 0.136 e. The van der Waals surface area contributed by atoms with Crippen molar-refractivity contribution in [2.24, 2.45) is 7.05 Å². The Kier molecular flexibility index (Phi) is 4.30. The van der Waals surface area contributed by atoms with E-state index < -0.39 is 0 Å². The summed E-state index contributed by atoms with van der Waals surface area (Å²) in [5, 5.41) is 5.72. The average molecular weight is 409 g/mol. The van der Waals surface area contributed by atoms with E-state index in [4.69, 9.17) is 0 Å². The lowest BCUT2D eigenvalue weighted by Crippen LogP contribution is -2.15. The van der Waals surface area contributed by atoms with E-state index in [0.717, 1.165) is 11.5 Å². The van der Waals surface area contributed by atoms with Gasteiger partial charge in [-0.1, -0.05) is 12.1 Å². The van der Waals surface area contributed by atoms with Crippen molar-refractivity contribution >= 4 is 39.6 Å². The van der Waals surface area contributed by atoms with Gasteiger partial charge in [-0.05, 0) is 58.7 Å². The summed E-state index contributed by atoms with van der Waals surface area (Å²) in [7, 11) is 2.03. The molecule has 1 atom stereocenters. The molecule has 3 aromatic rings. The van der Waals surface area contributed by atoms with Crippen LogP contribution >= 0.6 is 33.9 Å². The molecule has 1 N–H and O–H groups in total. The Labute approximate surface area is 142 Å². The van der Waals surface area contributed by atoms with Crippen LogP contribution in [0.25, 0.3) is 0 Å². The fraction of sp³-hybridized carbons (Fsp3) is 0.188. The second kappa shape index (κ2) is 6.19. The monoisotopic (exact) mass is 409 g/mol. The first kappa shape index (κ1) is 14.6. The predicted molar refractivity (Wildman–Crippen MR) is 96.9 cm³/mol. The molecule has 1 unspecified atom stereocenters. The first-order valence-corrected chi connectivity index (χ1v) is 8.64. The maximum Gasteiger partial charge on any atom is 0.136 e. The number of nitrogens with zero attached hydrogens (tertiary/aromatic N) is 2. The number of thiophene rings is 1. The highest BCUT2D eigenvalue weighted by Crippen LogP contribution is 2.29. The van der Waals surface area contributed by atoms with Crippen LogP contribution in [0, 0.1) is 10.5 Å². The topological polar surface area (TPSA) is 29.9 Å². The van der Waals surface area contributed by atoms with Gasteiger partial charge in [-0.2, -0.15) is 0 Å². The van der Waals surface area contributed by atoms with Crippen LogP contribution in [0.5, 0.6) is 0 Å². The minimum atomic E-state index is 0.0727. The van der Waals surface area contributed by atoms with Gasteiger partial charge >= 0.3 is 0 Å². The molecule has 0 spiro atoms. The Morgan fingerprint density at radius 1 is 1.33 bits per heavy atom. The van der Waals surface area contributed by atoms with E-state index in [2.05, 4.69) is 80.1 Å². The Bertz CT molecular complexity index is 734. The molecule has 2 heterocycles. The molecular weight excluding hydrogens is 393 g/mol. The van der Waals surface area contributed by atoms with Crippen molar-refractivity contribution in [3.63, 3.8) is 0 Å². The number of halogens is 1. The van der Waals surface area contributed by atoms with Crippen LogP contribution < -0.4 is 5.32 Å². The van der Waals surface area contributed by atoms with Crippen molar-refractivity contribution in [2.45, 2.75) is 13.0 Å². The third-order valence-corrected chi connectivity index (χ3v) is 5.53. The zero-order valence-corrected chi connectivity index (χ0v) is 14.9. The Hall–Kier alpha value is -1.34. The fourth-order valence-electron chi connectivity index (χ4n) is 2.22. The van der Waals surface area contributed by atoms with E-state index in [1.807, 2.05) is 19.4 Å². The number of aryl methyl sites for hydroxylation is 2. The molecule has 0 amide bonds. The van der Waals surface area contributed by atoms with Crippen LogP contribution in [0.2, 0.25) is 0 Å². The first-order chi connectivity index (χ1) is 10.1. The number of rotatable bonds is 4. The van der Waals surface area contributed by atoms with E-state index in [1.54, 1.807) is 11.3 Å². The second-order valence-electron chi connectivity index (χ2n) is 4.95. The molecule has 0 radical (unpaired) electrons. The number of imidazole rings is 1. The average Bonchev–Trinajstić information content (AvgIpc) is 3.12. The van der Waals surface area contributed by atoms with Crippen molar-refractivity contribution in [3.05, 3.63) is 67.9 Å². The molecule has 0 aliphatic carbocycles. The molecule has 1 aromatic carbocycles. The summed E-state index contributed by atoms with van der Waals surface area (Å²) in [5.74, 6) is 1.02. The molecule has 0 saturated heterocycles. The van der Waals surface area contributed by atoms with Gasteiger partial charge in [0.05, 0.1) is 0 Å². The van der Waals surface area contributed by atoms with Crippen LogP contribution in [0.1, 0.15) is 22.3 Å². The van der Waals surface area contributed by atoms with Gasteiger partial charge in [-0.15, -0.1) is 11.3 Å². The quantitative estimate of drug-likeness (QED) is 0.639. The molecule has 3 nitrogen and oxygen atoms in total. The zero-order valence-electron chi connectivity index (χ0n) is 11.9. The van der Waals surface area contributed by atoms with Gasteiger partial charge in [0.25, 0.3) is 0 Å². The maximum atomic E-state index is 4.51. The Morgan fingerprint density at radius 2 is 2.19 bits per heavy atom. The third-order valence-electron chi connectivity index (χ3n) is 3.43. The molecule has 0 aliphatic rings. The zero-order chi connectivity index (χ0) is 14.8. The van der Waals surface area contributed by atoms with Crippen LogP contribution in [-0.2, 0) is 7.05 Å². The Balaban J connectivity index is 1.97. The molecule has 108 valence electrons. The predicted octanol–water partition coefficient (Wildman–Crippen LogP) is 4.60. The number of hydrogen-bond donors (Lipinski definition) is 1. The van der Waals surface area contributed by atoms with Crippen molar-refractivity contribution in [1.82, 2.24) is 9.55 Å². The summed E-state index contributed by atoms with van der Waals surface area (Å²) in [6.07, 6.45) is 3.83. The van der Waals surface area contributed by atoms with Crippen LogP contribution in [-0.4, -0.2) is 9.55 Å². The normalized spacial score (nSPS) is 12.3. The van der Waals surface area contributed by atoms with Crippen molar-refractivity contribution in [1.29, 1.82) is 0 Å². The number of hydrogen-bond acceptors (Lipinski definition) is 3. The lowest BCUT2D eigenvalue weighted by atomic mass is 10.2. The number of anilines is 1. The molecule has 0 fully saturated rings. The molecule has 0 bridgehead atoms. The summed E-state index contributed by atoms with van der Waals surface area (Å²) in [4.78, 5) is 5.78. The van der Waals surface area contributed by atoms with E-state index in [9.17, 15) is 0 Å². The van der Waals surface area contributed by atoms with Gasteiger partial charge in [0, 0.05) is 33.6 Å². The largest absolute Gasteiger partial charge is 0.371 e. The molecule has 3 rings (SSSR count). The van der Waals surface area contributed by atoms with E-state index in [1.165, 1.54) is 14.0 Å². The van der Waals surface area contributed by atoms with Crippen molar-refractivity contribution < 1.29 is 0 Å². The van der Waals surface area contributed by atoms with Gasteiger partial charge in [-0.25, -0.2) is 4.98 Å². The van der Waals surface area contributed by atoms with Gasteiger partial charge < -0.3 is 9.88 Å². The minimum Gasteiger partial charge on any atom is -0.371 e. The second-order valence-corrected chi connectivity index (χ2v) is 7.09. The summed E-state index contributed by atoms with van der Waals surface area (Å²) in [6, 6.07) is 10.8. The van der Waals surface area contributed by atoms with Crippen LogP contribution in [0.15, 0.2) is 48.1 Å². The molecule has 21 heavy (non-hydrogen) atoms. The number of nitrogens with one attached hydrogen (secondary N) is 1. The van der Waals surface area contributed by atoms with Crippen molar-refractivity contribution in [2.75, 3.05) is 5.32 Å². The summed E-state index contributed by atoms with van der Waals surface area (Å²) in [6.45, 7) is 2.13. The highest BCUT2D eigenvalue weighted by atomic mass is 127. The Morgan fingerprint density at radius 3 is 2.81 bits per heavy atom. The summed E-state index contributed by atoms with van der Waals surface area (Å²) in [5.41, 5.74) is 2.41. The molecule has 0 saturated carbocycles. The van der Waals surface area contributed by atoms with Crippen LogP contribution in [0.3, 0.4) is 0 Å². The van der Waals surface area contributed by atoms with Gasteiger partial charge in [0.15, 0.2) is 0 Å². The molecule has 0 aliphatic heterocycles.